The molecule has 6 heteroatoms. The van der Waals surface area contributed by atoms with Crippen LogP contribution in [-0.4, -0.2) is 21.5 Å². The van der Waals surface area contributed by atoms with Gasteiger partial charge in [0.2, 0.25) is 5.28 Å². The molecule has 2 rings (SSSR count). The predicted octanol–water partition coefficient (Wildman–Crippen LogP) is 2.44. The van der Waals surface area contributed by atoms with Gasteiger partial charge in [-0.3, -0.25) is 4.98 Å². The molecule has 2 aromatic heterocycles. The summed E-state index contributed by atoms with van der Waals surface area (Å²) < 4.78 is 0. The lowest BCUT2D eigenvalue weighted by Crippen LogP contribution is -2.25. The van der Waals surface area contributed by atoms with Crippen LogP contribution in [0, 0.1) is 6.92 Å². The number of aryl methyl sites for hydroxylation is 1. The zero-order chi connectivity index (χ0) is 13.8. The Kier molecular flexibility index (Phi) is 4.16. The van der Waals surface area contributed by atoms with Crippen molar-refractivity contribution < 1.29 is 0 Å². The summed E-state index contributed by atoms with van der Waals surface area (Å²) in [6.07, 6.45) is 3.54. The minimum absolute atomic E-state index is 0.217. The Balaban J connectivity index is 2.32. The van der Waals surface area contributed by atoms with E-state index < -0.39 is 0 Å². The molecule has 0 spiro atoms. The van der Waals surface area contributed by atoms with E-state index in [1.54, 1.807) is 12.4 Å². The van der Waals surface area contributed by atoms with Crippen LogP contribution in [0.4, 0.5) is 11.5 Å². The number of halogens is 1. The Bertz CT molecular complexity index is 558. The average Bonchev–Trinajstić information content (AvgIpc) is 2.41. The summed E-state index contributed by atoms with van der Waals surface area (Å²) in [7, 11) is 0. The van der Waals surface area contributed by atoms with Gasteiger partial charge >= 0.3 is 0 Å². The number of nitrogens with zero attached hydrogens (tertiary/aromatic N) is 4. The fourth-order valence-corrected chi connectivity index (χ4v) is 2.03. The Morgan fingerprint density at radius 2 is 1.95 bits per heavy atom. The molecule has 0 saturated heterocycles. The van der Waals surface area contributed by atoms with Gasteiger partial charge in [0.1, 0.15) is 0 Å². The Morgan fingerprint density at radius 1 is 1.26 bits per heavy atom. The smallest absolute Gasteiger partial charge is 0.224 e. The highest BCUT2D eigenvalue weighted by Crippen LogP contribution is 2.25. The summed E-state index contributed by atoms with van der Waals surface area (Å²) in [6, 6.07) is 3.93. The Labute approximate surface area is 117 Å². The first-order chi connectivity index (χ1) is 9.11. The van der Waals surface area contributed by atoms with Crippen LogP contribution in [0.5, 0.6) is 0 Å². The highest BCUT2D eigenvalue weighted by atomic mass is 35.5. The largest absolute Gasteiger partial charge is 0.394 e. The molecule has 2 heterocycles. The molecule has 0 fully saturated rings. The van der Waals surface area contributed by atoms with Gasteiger partial charge in [-0.1, -0.05) is 0 Å². The lowest BCUT2D eigenvalue weighted by Gasteiger charge is -2.24. The molecule has 2 aromatic rings. The quantitative estimate of drug-likeness (QED) is 0.870. The van der Waals surface area contributed by atoms with Gasteiger partial charge in [-0.25, -0.2) is 4.98 Å². The second-order valence-electron chi connectivity index (χ2n) is 4.18. The van der Waals surface area contributed by atoms with Crippen molar-refractivity contribution in [1.82, 2.24) is 15.0 Å². The second kappa shape index (κ2) is 5.84. The molecule has 0 aliphatic rings. The molecule has 0 aliphatic carbocycles. The van der Waals surface area contributed by atoms with Crippen molar-refractivity contribution >= 4 is 23.1 Å². The van der Waals surface area contributed by atoms with Gasteiger partial charge in [-0.2, -0.15) is 4.98 Å². The number of hydrogen-bond donors (Lipinski definition) is 1. The molecule has 0 atom stereocenters. The van der Waals surface area contributed by atoms with Crippen LogP contribution >= 0.6 is 11.6 Å². The molecule has 19 heavy (non-hydrogen) atoms. The van der Waals surface area contributed by atoms with E-state index in [-0.39, 0.29) is 5.28 Å². The van der Waals surface area contributed by atoms with E-state index in [1.165, 1.54) is 0 Å². The molecular formula is C13H16ClN5. The van der Waals surface area contributed by atoms with Gasteiger partial charge in [0.15, 0.2) is 5.82 Å². The van der Waals surface area contributed by atoms with Crippen LogP contribution in [0.1, 0.15) is 18.2 Å². The first-order valence-electron chi connectivity index (χ1n) is 6.05. The van der Waals surface area contributed by atoms with E-state index in [9.17, 15) is 0 Å². The normalized spacial score (nSPS) is 10.5. The third-order valence-corrected chi connectivity index (χ3v) is 3.06. The lowest BCUT2D eigenvalue weighted by molar-refractivity contribution is 0.809. The third-order valence-electron chi connectivity index (χ3n) is 2.89. The summed E-state index contributed by atoms with van der Waals surface area (Å²) in [5, 5.41) is 0.217. The van der Waals surface area contributed by atoms with E-state index >= 15 is 0 Å². The number of rotatable bonds is 4. The van der Waals surface area contributed by atoms with Crippen LogP contribution in [0.15, 0.2) is 24.5 Å². The molecule has 2 N–H and O–H groups in total. The molecule has 0 saturated carbocycles. The monoisotopic (exact) mass is 277 g/mol. The molecule has 5 nitrogen and oxygen atoms in total. The van der Waals surface area contributed by atoms with Crippen LogP contribution in [0.2, 0.25) is 5.28 Å². The maximum atomic E-state index is 6.04. The molecule has 0 bridgehead atoms. The van der Waals surface area contributed by atoms with E-state index in [2.05, 4.69) is 19.9 Å². The van der Waals surface area contributed by atoms with Crippen LogP contribution in [0.25, 0.3) is 0 Å². The summed E-state index contributed by atoms with van der Waals surface area (Å²) in [5.41, 5.74) is 8.45. The van der Waals surface area contributed by atoms with Gasteiger partial charge in [0.25, 0.3) is 0 Å². The SMILES string of the molecule is CCN(Cc1ccncc1)c1nc(Cl)nc(C)c1N. The van der Waals surface area contributed by atoms with Crippen LogP contribution in [-0.2, 0) is 6.54 Å². The zero-order valence-electron chi connectivity index (χ0n) is 11.0. The molecule has 0 aromatic carbocycles. The predicted molar refractivity (Wildman–Crippen MR) is 77.2 cm³/mol. The van der Waals surface area contributed by atoms with Crippen molar-refractivity contribution in [1.29, 1.82) is 0 Å². The van der Waals surface area contributed by atoms with Gasteiger partial charge in [0, 0.05) is 25.5 Å². The minimum atomic E-state index is 0.217. The number of hydrogen-bond acceptors (Lipinski definition) is 5. The van der Waals surface area contributed by atoms with Crippen molar-refractivity contribution in [2.75, 3.05) is 17.2 Å². The topological polar surface area (TPSA) is 67.9 Å². The lowest BCUT2D eigenvalue weighted by atomic mass is 10.2. The molecule has 0 unspecified atom stereocenters. The van der Waals surface area contributed by atoms with Gasteiger partial charge < -0.3 is 10.6 Å². The van der Waals surface area contributed by atoms with Crippen molar-refractivity contribution in [2.24, 2.45) is 0 Å². The van der Waals surface area contributed by atoms with E-state index in [0.29, 0.717) is 23.7 Å². The zero-order valence-corrected chi connectivity index (χ0v) is 11.7. The minimum Gasteiger partial charge on any atom is -0.394 e. The molecular weight excluding hydrogens is 262 g/mol. The summed E-state index contributed by atoms with van der Waals surface area (Å²) in [4.78, 5) is 14.4. The Hall–Kier alpha value is -1.88. The first-order valence-corrected chi connectivity index (χ1v) is 6.43. The maximum absolute atomic E-state index is 6.04. The number of nitrogen functional groups attached to an aromatic ring is 1. The van der Waals surface area contributed by atoms with Gasteiger partial charge in [-0.05, 0) is 43.1 Å². The van der Waals surface area contributed by atoms with E-state index in [1.807, 2.05) is 26.0 Å². The third kappa shape index (κ3) is 3.12. The van der Waals surface area contributed by atoms with Crippen molar-refractivity contribution in [3.63, 3.8) is 0 Å². The summed E-state index contributed by atoms with van der Waals surface area (Å²) in [6.45, 7) is 5.36. The van der Waals surface area contributed by atoms with E-state index in [0.717, 1.165) is 12.1 Å². The van der Waals surface area contributed by atoms with E-state index in [4.69, 9.17) is 17.3 Å². The average molecular weight is 278 g/mol. The highest BCUT2D eigenvalue weighted by molar-refractivity contribution is 6.28. The number of nitrogens with two attached hydrogens (primary N) is 1. The summed E-state index contributed by atoms with van der Waals surface area (Å²) >= 11 is 5.91. The number of aromatic nitrogens is 3. The van der Waals surface area contributed by atoms with Crippen molar-refractivity contribution in [3.8, 4) is 0 Å². The molecule has 0 radical (unpaired) electrons. The maximum Gasteiger partial charge on any atom is 0.224 e. The standard InChI is InChI=1S/C13H16ClN5/c1-3-19(8-10-4-6-16-7-5-10)12-11(15)9(2)17-13(14)18-12/h4-7H,3,8,15H2,1-2H3. The highest BCUT2D eigenvalue weighted by Gasteiger charge is 2.14. The van der Waals surface area contributed by atoms with Crippen molar-refractivity contribution in [2.45, 2.75) is 20.4 Å². The van der Waals surface area contributed by atoms with Crippen LogP contribution in [0.3, 0.4) is 0 Å². The van der Waals surface area contributed by atoms with Gasteiger partial charge in [0.05, 0.1) is 11.4 Å². The fourth-order valence-electron chi connectivity index (χ4n) is 1.82. The second-order valence-corrected chi connectivity index (χ2v) is 4.52. The Morgan fingerprint density at radius 3 is 2.58 bits per heavy atom. The van der Waals surface area contributed by atoms with Crippen molar-refractivity contribution in [3.05, 3.63) is 41.1 Å². The molecule has 0 aliphatic heterocycles. The first kappa shape index (κ1) is 13.5. The number of anilines is 2. The molecule has 100 valence electrons. The molecule has 0 amide bonds. The van der Waals surface area contributed by atoms with Crippen LogP contribution < -0.4 is 10.6 Å². The summed E-state index contributed by atoms with van der Waals surface area (Å²) in [5.74, 6) is 0.678. The van der Waals surface area contributed by atoms with Gasteiger partial charge in [-0.15, -0.1) is 0 Å². The fraction of sp³-hybridized carbons (Fsp3) is 0.308. The number of pyridine rings is 1.